The number of amides is 1. The van der Waals surface area contributed by atoms with Gasteiger partial charge in [0.25, 0.3) is 5.91 Å². The summed E-state index contributed by atoms with van der Waals surface area (Å²) in [7, 11) is 1.34. The number of nitrogens with zero attached hydrogens (tertiary/aromatic N) is 6. The lowest BCUT2D eigenvalue weighted by atomic mass is 9.82. The summed E-state index contributed by atoms with van der Waals surface area (Å²) in [6.07, 6.45) is 3.72. The summed E-state index contributed by atoms with van der Waals surface area (Å²) in [5.74, 6) is -0.0154. The normalized spacial score (nSPS) is 22.6. The van der Waals surface area contributed by atoms with Gasteiger partial charge in [0.05, 0.1) is 37.7 Å². The molecule has 0 bridgehead atoms. The summed E-state index contributed by atoms with van der Waals surface area (Å²) < 4.78 is 12.2. The second-order valence-corrected chi connectivity index (χ2v) is 12.3. The highest BCUT2D eigenvalue weighted by Crippen LogP contribution is 2.39. The first kappa shape index (κ1) is 27.3. The quantitative estimate of drug-likeness (QED) is 0.343. The molecule has 11 heteroatoms. The van der Waals surface area contributed by atoms with Gasteiger partial charge in [0.2, 0.25) is 5.82 Å². The smallest absolute Gasteiger partial charge is 0.356 e. The molecule has 3 aliphatic heterocycles. The molecule has 1 spiro atoms. The molecule has 1 amide bonds. The maximum atomic E-state index is 13.4. The molecule has 3 fully saturated rings. The van der Waals surface area contributed by atoms with Crippen LogP contribution in [0.25, 0.3) is 5.65 Å². The van der Waals surface area contributed by atoms with Crippen molar-refractivity contribution in [3.8, 4) is 0 Å². The predicted molar refractivity (Wildman–Crippen MR) is 161 cm³/mol. The van der Waals surface area contributed by atoms with Crippen molar-refractivity contribution in [2.24, 2.45) is 0 Å². The van der Waals surface area contributed by atoms with E-state index in [0.717, 1.165) is 30.8 Å². The number of esters is 1. The highest BCUT2D eigenvalue weighted by molar-refractivity contribution is 5.91. The van der Waals surface area contributed by atoms with E-state index in [1.807, 2.05) is 19.2 Å². The number of rotatable bonds is 6. The number of carbonyl (C=O) groups excluding carboxylic acids is 2. The summed E-state index contributed by atoms with van der Waals surface area (Å²) in [6, 6.07) is 17.9. The Morgan fingerprint density at radius 2 is 1.91 bits per heavy atom. The number of hydrogen-bond donors (Lipinski definition) is 1. The van der Waals surface area contributed by atoms with E-state index in [1.165, 1.54) is 12.7 Å². The van der Waals surface area contributed by atoms with E-state index in [2.05, 4.69) is 73.5 Å². The van der Waals surface area contributed by atoms with Crippen molar-refractivity contribution in [3.63, 3.8) is 0 Å². The van der Waals surface area contributed by atoms with Crippen LogP contribution in [0.2, 0.25) is 0 Å². The fourth-order valence-corrected chi connectivity index (χ4v) is 6.79. The Kier molecular flexibility index (Phi) is 6.57. The molecular formula is C32H35N7O4. The number of methoxy groups -OCH3 is 1. The van der Waals surface area contributed by atoms with E-state index in [9.17, 15) is 9.59 Å². The molecule has 3 aliphatic rings. The van der Waals surface area contributed by atoms with Crippen LogP contribution in [0.3, 0.4) is 0 Å². The zero-order valence-corrected chi connectivity index (χ0v) is 24.6. The molecule has 222 valence electrons. The van der Waals surface area contributed by atoms with Crippen LogP contribution in [0.1, 0.15) is 52.0 Å². The van der Waals surface area contributed by atoms with E-state index in [0.29, 0.717) is 37.6 Å². The van der Waals surface area contributed by atoms with Crippen molar-refractivity contribution in [1.29, 1.82) is 0 Å². The minimum absolute atomic E-state index is 0.0751. The Morgan fingerprint density at radius 3 is 2.65 bits per heavy atom. The van der Waals surface area contributed by atoms with E-state index >= 15 is 0 Å². The van der Waals surface area contributed by atoms with Crippen molar-refractivity contribution in [2.75, 3.05) is 49.8 Å². The number of aryl methyl sites for hydroxylation is 1. The Hall–Kier alpha value is -4.51. The standard InChI is InChI=1S/C32H35N7O4/c1-21-14-24(37-13-12-31(2,18-37)22-8-5-4-6-9-22)17-39-28(21)35-27(36-39)29(40)33-23-15-32(19-43-20-32)38(16-23)26-11-7-10-25(34-26)30(41)42-3/h4-11,14,17,23H,12-13,15-16,18-20H2,1-3H3,(H,33,40)/t23?,31-/m0/s1. The van der Waals surface area contributed by atoms with Crippen LogP contribution in [0.5, 0.6) is 0 Å². The number of benzene rings is 1. The van der Waals surface area contributed by atoms with Gasteiger partial charge in [-0.2, -0.15) is 0 Å². The Morgan fingerprint density at radius 1 is 1.09 bits per heavy atom. The lowest BCUT2D eigenvalue weighted by molar-refractivity contribution is -0.0518. The van der Waals surface area contributed by atoms with Gasteiger partial charge >= 0.3 is 5.97 Å². The minimum atomic E-state index is -0.490. The van der Waals surface area contributed by atoms with E-state index in [1.54, 1.807) is 16.6 Å². The molecule has 7 rings (SSSR count). The molecule has 2 atom stereocenters. The number of ether oxygens (including phenoxy) is 2. The van der Waals surface area contributed by atoms with Crippen LogP contribution in [0, 0.1) is 6.92 Å². The van der Waals surface area contributed by atoms with Gasteiger partial charge in [-0.3, -0.25) is 4.79 Å². The third-order valence-electron chi connectivity index (χ3n) is 9.20. The van der Waals surface area contributed by atoms with Crippen molar-refractivity contribution in [3.05, 3.63) is 83.4 Å². The molecule has 11 nitrogen and oxygen atoms in total. The van der Waals surface area contributed by atoms with Crippen LogP contribution in [0.4, 0.5) is 11.5 Å². The zero-order valence-electron chi connectivity index (χ0n) is 24.6. The summed E-state index contributed by atoms with van der Waals surface area (Å²) in [5.41, 5.74) is 4.08. The molecule has 1 unspecified atom stereocenters. The maximum absolute atomic E-state index is 13.4. The van der Waals surface area contributed by atoms with E-state index in [-0.39, 0.29) is 34.4 Å². The number of fused-ring (bicyclic) bond motifs is 1. The molecular weight excluding hydrogens is 546 g/mol. The van der Waals surface area contributed by atoms with Gasteiger partial charge in [0, 0.05) is 31.1 Å². The van der Waals surface area contributed by atoms with Gasteiger partial charge in [-0.15, -0.1) is 5.10 Å². The van der Waals surface area contributed by atoms with Crippen LogP contribution >= 0.6 is 0 Å². The molecule has 3 saturated heterocycles. The first-order valence-corrected chi connectivity index (χ1v) is 14.7. The largest absolute Gasteiger partial charge is 0.464 e. The number of nitrogens with one attached hydrogen (secondary N) is 1. The summed E-state index contributed by atoms with van der Waals surface area (Å²) in [4.78, 5) is 39.1. The highest BCUT2D eigenvalue weighted by Gasteiger charge is 2.52. The molecule has 43 heavy (non-hydrogen) atoms. The van der Waals surface area contributed by atoms with Gasteiger partial charge < -0.3 is 24.6 Å². The monoisotopic (exact) mass is 581 g/mol. The second kappa shape index (κ2) is 10.3. The summed E-state index contributed by atoms with van der Waals surface area (Å²) in [5, 5.41) is 7.74. The number of carbonyl (C=O) groups is 2. The lowest BCUT2D eigenvalue weighted by Gasteiger charge is -2.45. The van der Waals surface area contributed by atoms with Crippen LogP contribution in [0.15, 0.2) is 60.8 Å². The average molecular weight is 582 g/mol. The fraction of sp³-hybridized carbons (Fsp3) is 0.406. The molecule has 6 heterocycles. The zero-order chi connectivity index (χ0) is 29.8. The predicted octanol–water partition coefficient (Wildman–Crippen LogP) is 3.17. The van der Waals surface area contributed by atoms with Crippen molar-refractivity contribution in [2.45, 2.75) is 43.7 Å². The Labute approximate surface area is 249 Å². The van der Waals surface area contributed by atoms with Crippen molar-refractivity contribution in [1.82, 2.24) is 24.9 Å². The Balaban J connectivity index is 1.08. The average Bonchev–Trinajstić information content (AvgIpc) is 3.73. The highest BCUT2D eigenvalue weighted by atomic mass is 16.5. The van der Waals surface area contributed by atoms with Crippen molar-refractivity contribution < 1.29 is 19.1 Å². The fourth-order valence-electron chi connectivity index (χ4n) is 6.79. The van der Waals surface area contributed by atoms with Gasteiger partial charge in [-0.25, -0.2) is 19.3 Å². The van der Waals surface area contributed by atoms with Gasteiger partial charge in [0.15, 0.2) is 11.3 Å². The number of aromatic nitrogens is 4. The maximum Gasteiger partial charge on any atom is 0.356 e. The molecule has 0 aliphatic carbocycles. The van der Waals surface area contributed by atoms with Crippen LogP contribution < -0.4 is 15.1 Å². The summed E-state index contributed by atoms with van der Waals surface area (Å²) in [6.45, 7) is 7.76. The molecule has 4 aromatic rings. The Bertz CT molecular complexity index is 1700. The third-order valence-corrected chi connectivity index (χ3v) is 9.20. The van der Waals surface area contributed by atoms with Gasteiger partial charge in [0.1, 0.15) is 5.82 Å². The molecule has 0 saturated carbocycles. The van der Waals surface area contributed by atoms with Gasteiger partial charge in [-0.05, 0) is 49.1 Å². The first-order chi connectivity index (χ1) is 20.8. The van der Waals surface area contributed by atoms with E-state index < -0.39 is 5.97 Å². The van der Waals surface area contributed by atoms with E-state index in [4.69, 9.17) is 9.47 Å². The van der Waals surface area contributed by atoms with Crippen LogP contribution in [-0.2, 0) is 14.9 Å². The van der Waals surface area contributed by atoms with Gasteiger partial charge in [-0.1, -0.05) is 43.3 Å². The molecule has 1 aromatic carbocycles. The number of anilines is 2. The molecule has 1 N–H and O–H groups in total. The second-order valence-electron chi connectivity index (χ2n) is 12.3. The van der Waals surface area contributed by atoms with Crippen LogP contribution in [-0.4, -0.2) is 83.0 Å². The van der Waals surface area contributed by atoms with Crippen molar-refractivity contribution >= 4 is 29.0 Å². The first-order valence-electron chi connectivity index (χ1n) is 14.7. The lowest BCUT2D eigenvalue weighted by Crippen LogP contribution is -2.59. The molecule has 0 radical (unpaired) electrons. The topological polar surface area (TPSA) is 114 Å². The number of pyridine rings is 2. The summed E-state index contributed by atoms with van der Waals surface area (Å²) >= 11 is 0. The number of hydrogen-bond acceptors (Lipinski definition) is 9. The third kappa shape index (κ3) is 4.77. The molecule has 3 aromatic heterocycles. The minimum Gasteiger partial charge on any atom is -0.464 e. The SMILES string of the molecule is COC(=O)c1cccc(N2CC(NC(=O)c3nc4c(C)cc(N5CC[C@](C)(c6ccccc6)C5)cn4n3)CC23COC3)n1.